The topological polar surface area (TPSA) is 107 Å². The third-order valence-corrected chi connectivity index (χ3v) is 5.77. The molecule has 0 fully saturated rings. The number of nitrogens with zero attached hydrogens (tertiary/aromatic N) is 4. The van der Waals surface area contributed by atoms with Gasteiger partial charge in [0, 0.05) is 34.8 Å². The lowest BCUT2D eigenvalue weighted by Crippen LogP contribution is -2.13. The molecule has 0 saturated heterocycles. The SMILES string of the molecule is O=C(Nc1ccccc1Cc1nc(-c2cccnc2)no1)c1ccc2noc(-c3ccccc3)c2c1. The van der Waals surface area contributed by atoms with Crippen LogP contribution in [-0.2, 0) is 6.42 Å². The summed E-state index contributed by atoms with van der Waals surface area (Å²) in [5, 5.41) is 12.0. The van der Waals surface area contributed by atoms with E-state index >= 15 is 0 Å². The van der Waals surface area contributed by atoms with Gasteiger partial charge in [-0.1, -0.05) is 58.8 Å². The van der Waals surface area contributed by atoms with E-state index in [2.05, 4.69) is 25.6 Å². The van der Waals surface area contributed by atoms with E-state index in [-0.39, 0.29) is 5.91 Å². The number of hydrogen-bond acceptors (Lipinski definition) is 7. The normalized spacial score (nSPS) is 11.0. The molecular weight excluding hydrogens is 454 g/mol. The van der Waals surface area contributed by atoms with Crippen molar-refractivity contribution in [2.24, 2.45) is 0 Å². The predicted molar refractivity (Wildman–Crippen MR) is 134 cm³/mol. The van der Waals surface area contributed by atoms with Crippen molar-refractivity contribution in [3.63, 3.8) is 0 Å². The molecule has 8 nitrogen and oxygen atoms in total. The van der Waals surface area contributed by atoms with Crippen molar-refractivity contribution in [2.75, 3.05) is 5.32 Å². The molecule has 0 unspecified atom stereocenters. The minimum atomic E-state index is -0.244. The monoisotopic (exact) mass is 473 g/mol. The van der Waals surface area contributed by atoms with Gasteiger partial charge in [0.05, 0.1) is 11.8 Å². The van der Waals surface area contributed by atoms with Crippen molar-refractivity contribution in [3.8, 4) is 22.7 Å². The maximum Gasteiger partial charge on any atom is 0.255 e. The van der Waals surface area contributed by atoms with E-state index in [1.807, 2.05) is 66.7 Å². The van der Waals surface area contributed by atoms with Crippen molar-refractivity contribution in [2.45, 2.75) is 6.42 Å². The van der Waals surface area contributed by atoms with E-state index in [1.54, 1.807) is 30.6 Å². The van der Waals surface area contributed by atoms with Gasteiger partial charge in [0.25, 0.3) is 5.91 Å². The summed E-state index contributed by atoms with van der Waals surface area (Å²) in [6, 6.07) is 26.2. The molecule has 0 aliphatic rings. The number of aromatic nitrogens is 4. The second-order valence-corrected chi connectivity index (χ2v) is 8.15. The molecule has 3 aromatic heterocycles. The summed E-state index contributed by atoms with van der Waals surface area (Å²) in [5.74, 6) is 1.29. The summed E-state index contributed by atoms with van der Waals surface area (Å²) < 4.78 is 11.0. The van der Waals surface area contributed by atoms with Crippen molar-refractivity contribution >= 4 is 22.5 Å². The van der Waals surface area contributed by atoms with E-state index in [0.717, 1.165) is 22.1 Å². The van der Waals surface area contributed by atoms with Crippen LogP contribution in [0, 0.1) is 0 Å². The summed E-state index contributed by atoms with van der Waals surface area (Å²) in [6.07, 6.45) is 3.73. The standard InChI is InChI=1S/C28H19N5O3/c34-28(20-12-13-24-22(15-20)26(36-32-24)18-7-2-1-3-8-18)30-23-11-5-4-9-19(23)16-25-31-27(33-35-25)21-10-6-14-29-17-21/h1-15,17H,16H2,(H,30,34). The Balaban J connectivity index is 1.25. The first kappa shape index (κ1) is 21.4. The Hall–Kier alpha value is -5.11. The second-order valence-electron chi connectivity index (χ2n) is 8.15. The number of rotatable bonds is 6. The Kier molecular flexibility index (Phi) is 5.51. The van der Waals surface area contributed by atoms with Crippen molar-refractivity contribution in [3.05, 3.63) is 114 Å². The maximum absolute atomic E-state index is 13.2. The fraction of sp³-hybridized carbons (Fsp3) is 0.0357. The van der Waals surface area contributed by atoms with E-state index in [1.165, 1.54) is 0 Å². The van der Waals surface area contributed by atoms with Crippen LogP contribution in [0.25, 0.3) is 33.6 Å². The fourth-order valence-corrected chi connectivity index (χ4v) is 3.97. The van der Waals surface area contributed by atoms with E-state index < -0.39 is 0 Å². The van der Waals surface area contributed by atoms with Gasteiger partial charge in [0.15, 0.2) is 5.76 Å². The van der Waals surface area contributed by atoms with E-state index in [0.29, 0.717) is 40.7 Å². The van der Waals surface area contributed by atoms with Gasteiger partial charge < -0.3 is 14.4 Å². The molecule has 6 rings (SSSR count). The second kappa shape index (κ2) is 9.27. The van der Waals surface area contributed by atoms with Gasteiger partial charge in [-0.3, -0.25) is 9.78 Å². The van der Waals surface area contributed by atoms with Crippen LogP contribution in [0.2, 0.25) is 0 Å². The van der Waals surface area contributed by atoms with Crippen molar-refractivity contribution in [1.29, 1.82) is 0 Å². The lowest BCUT2D eigenvalue weighted by atomic mass is 10.1. The van der Waals surface area contributed by atoms with Gasteiger partial charge >= 0.3 is 0 Å². The van der Waals surface area contributed by atoms with E-state index in [4.69, 9.17) is 9.05 Å². The van der Waals surface area contributed by atoms with Gasteiger partial charge in [-0.2, -0.15) is 4.98 Å². The highest BCUT2D eigenvalue weighted by Gasteiger charge is 2.16. The Morgan fingerprint density at radius 2 is 1.67 bits per heavy atom. The highest BCUT2D eigenvalue weighted by Crippen LogP contribution is 2.29. The number of fused-ring (bicyclic) bond motifs is 1. The number of carbonyl (C=O) groups excluding carboxylic acids is 1. The summed E-state index contributed by atoms with van der Waals surface area (Å²) >= 11 is 0. The first-order valence-corrected chi connectivity index (χ1v) is 11.3. The third kappa shape index (κ3) is 4.23. The number of hydrogen-bond donors (Lipinski definition) is 1. The molecule has 0 radical (unpaired) electrons. The van der Waals surface area contributed by atoms with Crippen molar-refractivity contribution in [1.82, 2.24) is 20.3 Å². The highest BCUT2D eigenvalue weighted by atomic mass is 16.5. The van der Waals surface area contributed by atoms with Crippen molar-refractivity contribution < 1.29 is 13.8 Å². The molecule has 36 heavy (non-hydrogen) atoms. The zero-order valence-electron chi connectivity index (χ0n) is 19.0. The summed E-state index contributed by atoms with van der Waals surface area (Å²) in [7, 11) is 0. The Bertz CT molecular complexity index is 1660. The van der Waals surface area contributed by atoms with Crippen LogP contribution in [0.5, 0.6) is 0 Å². The number of nitrogens with one attached hydrogen (secondary N) is 1. The first-order chi connectivity index (χ1) is 17.7. The highest BCUT2D eigenvalue weighted by molar-refractivity contribution is 6.07. The fourth-order valence-electron chi connectivity index (χ4n) is 3.97. The summed E-state index contributed by atoms with van der Waals surface area (Å²) in [5.41, 5.74) is 4.36. The number of para-hydroxylation sites is 1. The van der Waals surface area contributed by atoms with Gasteiger partial charge in [0.1, 0.15) is 5.52 Å². The largest absolute Gasteiger partial charge is 0.355 e. The maximum atomic E-state index is 13.2. The van der Waals surface area contributed by atoms with Crippen LogP contribution in [0.1, 0.15) is 21.8 Å². The van der Waals surface area contributed by atoms with E-state index in [9.17, 15) is 4.79 Å². The quantitative estimate of drug-likeness (QED) is 0.327. The summed E-state index contributed by atoms with van der Waals surface area (Å²) in [6.45, 7) is 0. The minimum absolute atomic E-state index is 0.244. The van der Waals surface area contributed by atoms with Gasteiger partial charge in [-0.15, -0.1) is 0 Å². The average molecular weight is 473 g/mol. The number of carbonyl (C=O) groups is 1. The number of anilines is 1. The molecule has 0 aliphatic carbocycles. The Morgan fingerprint density at radius 1 is 0.833 bits per heavy atom. The Labute approximate surface area is 205 Å². The number of pyridine rings is 1. The number of benzene rings is 3. The zero-order valence-corrected chi connectivity index (χ0v) is 19.0. The van der Waals surface area contributed by atoms with Crippen LogP contribution < -0.4 is 5.32 Å². The molecular formula is C28H19N5O3. The van der Waals surface area contributed by atoms with Gasteiger partial charge in [-0.25, -0.2) is 0 Å². The molecule has 1 amide bonds. The lowest BCUT2D eigenvalue weighted by molar-refractivity contribution is 0.102. The summed E-state index contributed by atoms with van der Waals surface area (Å²) in [4.78, 5) is 21.8. The molecule has 0 aliphatic heterocycles. The first-order valence-electron chi connectivity index (χ1n) is 11.3. The van der Waals surface area contributed by atoms with Gasteiger partial charge in [-0.05, 0) is 42.0 Å². The molecule has 6 aromatic rings. The Morgan fingerprint density at radius 3 is 2.53 bits per heavy atom. The molecule has 3 heterocycles. The molecule has 174 valence electrons. The number of amides is 1. The lowest BCUT2D eigenvalue weighted by Gasteiger charge is -2.10. The van der Waals surface area contributed by atoms with Crippen LogP contribution in [0.4, 0.5) is 5.69 Å². The molecule has 3 aromatic carbocycles. The smallest absolute Gasteiger partial charge is 0.255 e. The molecule has 0 saturated carbocycles. The van der Waals surface area contributed by atoms with Crippen LogP contribution >= 0.6 is 0 Å². The van der Waals surface area contributed by atoms with Crippen LogP contribution in [0.15, 0.2) is 106 Å². The molecule has 0 atom stereocenters. The average Bonchev–Trinajstić information content (AvgIpc) is 3.58. The molecule has 0 bridgehead atoms. The van der Waals surface area contributed by atoms with Crippen LogP contribution in [0.3, 0.4) is 0 Å². The molecule has 1 N–H and O–H groups in total. The molecule has 0 spiro atoms. The zero-order chi connectivity index (χ0) is 24.3. The van der Waals surface area contributed by atoms with Gasteiger partial charge in [0.2, 0.25) is 11.7 Å². The third-order valence-electron chi connectivity index (χ3n) is 5.77. The van der Waals surface area contributed by atoms with Crippen LogP contribution in [-0.4, -0.2) is 26.2 Å². The minimum Gasteiger partial charge on any atom is -0.355 e. The molecule has 8 heteroatoms. The predicted octanol–water partition coefficient (Wildman–Crippen LogP) is 5.78.